The molecular formula is C16H28N2O4. The van der Waals surface area contributed by atoms with Crippen molar-refractivity contribution in [2.75, 3.05) is 20.1 Å². The second kappa shape index (κ2) is 6.26. The van der Waals surface area contributed by atoms with Crippen LogP contribution in [0.3, 0.4) is 0 Å². The summed E-state index contributed by atoms with van der Waals surface area (Å²) in [6.45, 7) is 9.63. The normalized spacial score (nSPS) is 19.7. The highest BCUT2D eigenvalue weighted by atomic mass is 16.4. The van der Waals surface area contributed by atoms with Gasteiger partial charge in [0.25, 0.3) is 0 Å². The molecule has 2 amide bonds. The van der Waals surface area contributed by atoms with E-state index in [2.05, 4.69) is 0 Å². The highest BCUT2D eigenvalue weighted by Crippen LogP contribution is 2.26. The molecule has 1 rings (SSSR count). The van der Waals surface area contributed by atoms with E-state index in [1.165, 1.54) is 25.8 Å². The molecule has 0 spiro atoms. The predicted octanol–water partition coefficient (Wildman–Crippen LogP) is 1.59. The Morgan fingerprint density at radius 3 is 2.14 bits per heavy atom. The third-order valence-electron chi connectivity index (χ3n) is 4.39. The molecule has 6 nitrogen and oxygen atoms in total. The number of hydrogen-bond donors (Lipinski definition) is 1. The van der Waals surface area contributed by atoms with Crippen LogP contribution < -0.4 is 0 Å². The first-order valence-electron chi connectivity index (χ1n) is 7.69. The summed E-state index contributed by atoms with van der Waals surface area (Å²) in [4.78, 5) is 39.3. The molecule has 0 saturated carbocycles. The van der Waals surface area contributed by atoms with Crippen LogP contribution in [0, 0.1) is 11.3 Å². The largest absolute Gasteiger partial charge is 0.480 e. The lowest BCUT2D eigenvalue weighted by molar-refractivity contribution is -0.158. The van der Waals surface area contributed by atoms with Crippen LogP contribution in [-0.4, -0.2) is 58.4 Å². The maximum atomic E-state index is 12.6. The summed E-state index contributed by atoms with van der Waals surface area (Å²) < 4.78 is 0. The third kappa shape index (κ3) is 3.78. The topological polar surface area (TPSA) is 77.9 Å². The summed E-state index contributed by atoms with van der Waals surface area (Å²) in [6, 6.07) is 0. The second-order valence-corrected chi connectivity index (χ2v) is 7.60. The van der Waals surface area contributed by atoms with Gasteiger partial charge in [-0.25, -0.2) is 4.79 Å². The van der Waals surface area contributed by atoms with Crippen LogP contribution in [0.15, 0.2) is 0 Å². The zero-order valence-corrected chi connectivity index (χ0v) is 14.5. The zero-order valence-electron chi connectivity index (χ0n) is 14.5. The first-order chi connectivity index (χ1) is 9.89. The Kier molecular flexibility index (Phi) is 5.25. The van der Waals surface area contributed by atoms with Crippen LogP contribution in [-0.2, 0) is 14.4 Å². The number of amides is 2. The number of hydrogen-bond acceptors (Lipinski definition) is 3. The van der Waals surface area contributed by atoms with Crippen LogP contribution in [0.5, 0.6) is 0 Å². The van der Waals surface area contributed by atoms with Gasteiger partial charge in [-0.1, -0.05) is 20.8 Å². The van der Waals surface area contributed by atoms with Gasteiger partial charge in [-0.15, -0.1) is 0 Å². The van der Waals surface area contributed by atoms with Crippen molar-refractivity contribution in [3.8, 4) is 0 Å². The first-order valence-corrected chi connectivity index (χ1v) is 7.69. The van der Waals surface area contributed by atoms with E-state index >= 15 is 0 Å². The summed E-state index contributed by atoms with van der Waals surface area (Å²) in [7, 11) is 1.51. The number of carboxylic acids is 1. The Morgan fingerprint density at radius 1 is 1.14 bits per heavy atom. The lowest BCUT2D eigenvalue weighted by Gasteiger charge is -2.39. The molecule has 0 aromatic rings. The van der Waals surface area contributed by atoms with Gasteiger partial charge in [0.2, 0.25) is 11.8 Å². The van der Waals surface area contributed by atoms with Crippen molar-refractivity contribution in [2.24, 2.45) is 11.3 Å². The van der Waals surface area contributed by atoms with E-state index in [0.29, 0.717) is 19.5 Å². The van der Waals surface area contributed by atoms with Gasteiger partial charge in [0.15, 0.2) is 0 Å². The van der Waals surface area contributed by atoms with Gasteiger partial charge < -0.3 is 14.9 Å². The average molecular weight is 312 g/mol. The van der Waals surface area contributed by atoms with Gasteiger partial charge in [0, 0.05) is 25.6 Å². The predicted molar refractivity (Wildman–Crippen MR) is 83.2 cm³/mol. The van der Waals surface area contributed by atoms with Crippen molar-refractivity contribution in [1.29, 1.82) is 0 Å². The van der Waals surface area contributed by atoms with E-state index in [1.807, 2.05) is 20.8 Å². The van der Waals surface area contributed by atoms with Crippen molar-refractivity contribution >= 4 is 17.8 Å². The standard InChI is InChI=1S/C16H28N2O4/c1-15(2,3)13(20)18-9-7-8-11(10-18)12(19)17(6)16(4,5)14(21)22/h11H,7-10H2,1-6H3,(H,21,22). The summed E-state index contributed by atoms with van der Waals surface area (Å²) in [6.07, 6.45) is 1.45. The monoisotopic (exact) mass is 312 g/mol. The fourth-order valence-corrected chi connectivity index (χ4v) is 2.53. The third-order valence-corrected chi connectivity index (χ3v) is 4.39. The average Bonchev–Trinajstić information content (AvgIpc) is 2.43. The van der Waals surface area contributed by atoms with E-state index in [-0.39, 0.29) is 17.7 Å². The van der Waals surface area contributed by atoms with Gasteiger partial charge in [0.05, 0.1) is 5.92 Å². The molecule has 22 heavy (non-hydrogen) atoms. The van der Waals surface area contributed by atoms with E-state index in [4.69, 9.17) is 0 Å². The SMILES string of the molecule is CN(C(=O)C1CCCN(C(=O)C(C)(C)C)C1)C(C)(C)C(=O)O. The Morgan fingerprint density at radius 2 is 1.68 bits per heavy atom. The highest BCUT2D eigenvalue weighted by molar-refractivity contribution is 5.88. The molecule has 0 radical (unpaired) electrons. The lowest BCUT2D eigenvalue weighted by atomic mass is 9.90. The number of carboxylic acid groups (broad SMARTS) is 1. The maximum Gasteiger partial charge on any atom is 0.329 e. The molecule has 1 heterocycles. The molecule has 0 aromatic carbocycles. The van der Waals surface area contributed by atoms with E-state index in [1.54, 1.807) is 4.90 Å². The van der Waals surface area contributed by atoms with E-state index < -0.39 is 16.9 Å². The summed E-state index contributed by atoms with van der Waals surface area (Å²) >= 11 is 0. The quantitative estimate of drug-likeness (QED) is 0.858. The molecule has 6 heteroatoms. The molecule has 1 fully saturated rings. The fourth-order valence-electron chi connectivity index (χ4n) is 2.53. The van der Waals surface area contributed by atoms with E-state index in [9.17, 15) is 19.5 Å². The molecule has 1 unspecified atom stereocenters. The minimum absolute atomic E-state index is 0.0325. The van der Waals surface area contributed by atoms with Crippen molar-refractivity contribution in [3.05, 3.63) is 0 Å². The van der Waals surface area contributed by atoms with Crippen molar-refractivity contribution in [1.82, 2.24) is 9.80 Å². The smallest absolute Gasteiger partial charge is 0.329 e. The number of carbonyl (C=O) groups is 3. The van der Waals surface area contributed by atoms with Gasteiger partial charge in [-0.2, -0.15) is 0 Å². The summed E-state index contributed by atoms with van der Waals surface area (Å²) in [5, 5.41) is 9.25. The number of rotatable bonds is 3. The maximum absolute atomic E-state index is 12.6. The Labute approximate surface area is 132 Å². The molecule has 1 atom stereocenters. The fraction of sp³-hybridized carbons (Fsp3) is 0.812. The minimum atomic E-state index is -1.26. The van der Waals surface area contributed by atoms with Crippen molar-refractivity contribution in [2.45, 2.75) is 53.0 Å². The molecule has 1 saturated heterocycles. The zero-order chi connectivity index (χ0) is 17.3. The van der Waals surface area contributed by atoms with E-state index in [0.717, 1.165) is 6.42 Å². The van der Waals surface area contributed by atoms with Crippen LogP contribution in [0.4, 0.5) is 0 Å². The molecule has 1 aliphatic rings. The van der Waals surface area contributed by atoms with Crippen LogP contribution >= 0.6 is 0 Å². The van der Waals surface area contributed by atoms with Crippen LogP contribution in [0.2, 0.25) is 0 Å². The number of aliphatic carboxylic acids is 1. The van der Waals surface area contributed by atoms with Crippen LogP contribution in [0.1, 0.15) is 47.5 Å². The van der Waals surface area contributed by atoms with Gasteiger partial charge in [-0.3, -0.25) is 9.59 Å². The minimum Gasteiger partial charge on any atom is -0.480 e. The Bertz CT molecular complexity index is 465. The van der Waals surface area contributed by atoms with Gasteiger partial charge >= 0.3 is 5.97 Å². The molecule has 0 bridgehead atoms. The Hall–Kier alpha value is -1.59. The number of piperidine rings is 1. The number of nitrogens with zero attached hydrogens (tertiary/aromatic N) is 2. The molecule has 1 aliphatic heterocycles. The first kappa shape index (κ1) is 18.5. The van der Waals surface area contributed by atoms with Crippen molar-refractivity contribution < 1.29 is 19.5 Å². The number of likely N-dealkylation sites (N-methyl/N-ethyl adjacent to an activating group) is 1. The molecule has 1 N–H and O–H groups in total. The summed E-state index contributed by atoms with van der Waals surface area (Å²) in [5.74, 6) is -1.55. The molecule has 0 aromatic heterocycles. The lowest BCUT2D eigenvalue weighted by Crippen LogP contribution is -2.55. The second-order valence-electron chi connectivity index (χ2n) is 7.60. The molecule has 0 aliphatic carbocycles. The summed E-state index contributed by atoms with van der Waals surface area (Å²) in [5.41, 5.74) is -1.73. The molecular weight excluding hydrogens is 284 g/mol. The Balaban J connectivity index is 2.83. The number of likely N-dealkylation sites (tertiary alicyclic amines) is 1. The van der Waals surface area contributed by atoms with Crippen LogP contribution in [0.25, 0.3) is 0 Å². The number of carbonyl (C=O) groups excluding carboxylic acids is 2. The molecule has 126 valence electrons. The van der Waals surface area contributed by atoms with Gasteiger partial charge in [-0.05, 0) is 26.7 Å². The van der Waals surface area contributed by atoms with Crippen molar-refractivity contribution in [3.63, 3.8) is 0 Å². The van der Waals surface area contributed by atoms with Gasteiger partial charge in [0.1, 0.15) is 5.54 Å². The highest BCUT2D eigenvalue weighted by Gasteiger charge is 2.40.